The molecule has 1 aromatic heterocycles. The molecule has 0 bridgehead atoms. The summed E-state index contributed by atoms with van der Waals surface area (Å²) in [5.41, 5.74) is 9.38. The van der Waals surface area contributed by atoms with Crippen LogP contribution in [0, 0.1) is 12.7 Å². The predicted octanol–water partition coefficient (Wildman–Crippen LogP) is 2.76. The molecule has 2 aromatic rings. The molecule has 106 valence electrons. The smallest absolute Gasteiger partial charge is 0.123 e. The van der Waals surface area contributed by atoms with E-state index in [4.69, 9.17) is 5.73 Å². The van der Waals surface area contributed by atoms with Gasteiger partial charge < -0.3 is 10.3 Å². The molecule has 0 radical (unpaired) electrons. The Kier molecular flexibility index (Phi) is 3.57. The zero-order chi connectivity index (χ0) is 14.1. The topological polar surface area (TPSA) is 43.8 Å². The number of rotatable bonds is 3. The summed E-state index contributed by atoms with van der Waals surface area (Å²) in [5.74, 6) is 0.768. The van der Waals surface area contributed by atoms with E-state index in [0.29, 0.717) is 6.54 Å². The van der Waals surface area contributed by atoms with Crippen LogP contribution in [-0.4, -0.2) is 16.1 Å². The molecule has 2 N–H and O–H groups in total. The molecule has 1 heterocycles. The zero-order valence-corrected chi connectivity index (χ0v) is 11.8. The van der Waals surface area contributed by atoms with Crippen molar-refractivity contribution in [3.05, 3.63) is 52.9 Å². The molecule has 0 aliphatic heterocycles. The number of fused-ring (bicyclic) bond motifs is 1. The third kappa shape index (κ3) is 2.24. The van der Waals surface area contributed by atoms with Gasteiger partial charge in [0, 0.05) is 12.2 Å². The Morgan fingerprint density at radius 3 is 2.90 bits per heavy atom. The van der Waals surface area contributed by atoms with Gasteiger partial charge in [-0.1, -0.05) is 12.1 Å². The normalized spacial score (nSPS) is 15.9. The van der Waals surface area contributed by atoms with E-state index in [2.05, 4.69) is 9.55 Å². The summed E-state index contributed by atoms with van der Waals surface area (Å²) in [4.78, 5) is 4.68. The maximum Gasteiger partial charge on any atom is 0.123 e. The highest BCUT2D eigenvalue weighted by atomic mass is 19.1. The van der Waals surface area contributed by atoms with E-state index in [1.165, 1.54) is 30.3 Å². The van der Waals surface area contributed by atoms with E-state index in [-0.39, 0.29) is 11.9 Å². The monoisotopic (exact) mass is 273 g/mol. The molecule has 0 amide bonds. The number of hydrogen-bond donors (Lipinski definition) is 1. The van der Waals surface area contributed by atoms with Crippen molar-refractivity contribution in [2.24, 2.45) is 5.73 Å². The van der Waals surface area contributed by atoms with E-state index < -0.39 is 0 Å². The highest BCUT2D eigenvalue weighted by Gasteiger charge is 2.23. The fourth-order valence-electron chi connectivity index (χ4n) is 3.22. The standard InChI is InChI=1S/C16H20FN3/c1-11-19-14-7-2-3-8-15(14)20(11)16(10-18)12-5-4-6-13(17)9-12/h4-6,9,16H,2-3,7-8,10,18H2,1H3. The van der Waals surface area contributed by atoms with Crippen LogP contribution in [0.5, 0.6) is 0 Å². The first-order chi connectivity index (χ1) is 9.70. The van der Waals surface area contributed by atoms with Crippen molar-refractivity contribution < 1.29 is 4.39 Å². The fourth-order valence-corrected chi connectivity index (χ4v) is 3.22. The fraction of sp³-hybridized carbons (Fsp3) is 0.438. The number of nitrogens with two attached hydrogens (primary N) is 1. The highest BCUT2D eigenvalue weighted by Crippen LogP contribution is 2.28. The van der Waals surface area contributed by atoms with Gasteiger partial charge in [-0.25, -0.2) is 9.37 Å². The van der Waals surface area contributed by atoms with Gasteiger partial charge in [-0.15, -0.1) is 0 Å². The molecule has 1 aromatic carbocycles. The SMILES string of the molecule is Cc1nc2c(n1C(CN)c1cccc(F)c1)CCCC2. The number of halogens is 1. The number of hydrogen-bond acceptors (Lipinski definition) is 2. The highest BCUT2D eigenvalue weighted by molar-refractivity contribution is 5.27. The zero-order valence-electron chi connectivity index (χ0n) is 11.8. The minimum absolute atomic E-state index is 0.0277. The van der Waals surface area contributed by atoms with Crippen LogP contribution in [0.1, 0.15) is 41.7 Å². The number of benzene rings is 1. The van der Waals surface area contributed by atoms with Crippen LogP contribution in [0.2, 0.25) is 0 Å². The van der Waals surface area contributed by atoms with Gasteiger partial charge in [0.25, 0.3) is 0 Å². The first-order valence-corrected chi connectivity index (χ1v) is 7.23. The minimum Gasteiger partial charge on any atom is -0.328 e. The van der Waals surface area contributed by atoms with Crippen molar-refractivity contribution >= 4 is 0 Å². The van der Waals surface area contributed by atoms with Gasteiger partial charge in [0.1, 0.15) is 11.6 Å². The summed E-state index contributed by atoms with van der Waals surface area (Å²) in [6.07, 6.45) is 4.49. The third-order valence-electron chi connectivity index (χ3n) is 4.11. The Morgan fingerprint density at radius 1 is 1.35 bits per heavy atom. The van der Waals surface area contributed by atoms with Crippen molar-refractivity contribution in [2.45, 2.75) is 38.6 Å². The summed E-state index contributed by atoms with van der Waals surface area (Å²) in [6.45, 7) is 2.47. The Morgan fingerprint density at radius 2 is 2.15 bits per heavy atom. The van der Waals surface area contributed by atoms with Crippen LogP contribution in [0.15, 0.2) is 24.3 Å². The number of aryl methyl sites for hydroxylation is 2. The molecular formula is C16H20FN3. The molecule has 1 aliphatic rings. The van der Waals surface area contributed by atoms with Crippen molar-refractivity contribution in [1.82, 2.24) is 9.55 Å². The van der Waals surface area contributed by atoms with Crippen molar-refractivity contribution in [2.75, 3.05) is 6.54 Å². The molecule has 20 heavy (non-hydrogen) atoms. The molecule has 0 saturated heterocycles. The van der Waals surface area contributed by atoms with E-state index in [9.17, 15) is 4.39 Å². The summed E-state index contributed by atoms with van der Waals surface area (Å²) < 4.78 is 15.7. The van der Waals surface area contributed by atoms with E-state index in [1.807, 2.05) is 13.0 Å². The second-order valence-electron chi connectivity index (χ2n) is 5.44. The second kappa shape index (κ2) is 5.37. The predicted molar refractivity (Wildman–Crippen MR) is 77.2 cm³/mol. The van der Waals surface area contributed by atoms with Gasteiger partial charge in [-0.3, -0.25) is 0 Å². The Labute approximate surface area is 118 Å². The Bertz CT molecular complexity index is 618. The molecule has 0 saturated carbocycles. The van der Waals surface area contributed by atoms with E-state index in [0.717, 1.165) is 24.2 Å². The largest absolute Gasteiger partial charge is 0.328 e. The molecule has 4 heteroatoms. The van der Waals surface area contributed by atoms with Crippen LogP contribution in [0.3, 0.4) is 0 Å². The Hall–Kier alpha value is -1.68. The Balaban J connectivity index is 2.08. The van der Waals surface area contributed by atoms with Gasteiger partial charge in [-0.2, -0.15) is 0 Å². The maximum atomic E-state index is 13.5. The summed E-state index contributed by atoms with van der Waals surface area (Å²) in [5, 5.41) is 0. The molecule has 1 unspecified atom stereocenters. The number of imidazole rings is 1. The van der Waals surface area contributed by atoms with E-state index >= 15 is 0 Å². The lowest BCUT2D eigenvalue weighted by molar-refractivity contribution is 0.532. The molecule has 0 fully saturated rings. The van der Waals surface area contributed by atoms with E-state index in [1.54, 1.807) is 12.1 Å². The van der Waals surface area contributed by atoms with Gasteiger partial charge in [0.2, 0.25) is 0 Å². The first kappa shape index (κ1) is 13.3. The molecule has 1 atom stereocenters. The number of nitrogens with zero attached hydrogens (tertiary/aromatic N) is 2. The summed E-state index contributed by atoms with van der Waals surface area (Å²) in [7, 11) is 0. The van der Waals surface area contributed by atoms with Gasteiger partial charge in [-0.05, 0) is 50.3 Å². The van der Waals surface area contributed by atoms with Crippen LogP contribution in [0.4, 0.5) is 4.39 Å². The van der Waals surface area contributed by atoms with Gasteiger partial charge in [0.05, 0.1) is 11.7 Å². The van der Waals surface area contributed by atoms with Crippen molar-refractivity contribution in [3.63, 3.8) is 0 Å². The molecular weight excluding hydrogens is 253 g/mol. The van der Waals surface area contributed by atoms with Crippen LogP contribution in [-0.2, 0) is 12.8 Å². The maximum absolute atomic E-state index is 13.5. The van der Waals surface area contributed by atoms with Gasteiger partial charge in [0.15, 0.2) is 0 Å². The van der Waals surface area contributed by atoms with Gasteiger partial charge >= 0.3 is 0 Å². The lowest BCUT2D eigenvalue weighted by Gasteiger charge is -2.23. The van der Waals surface area contributed by atoms with Crippen LogP contribution >= 0.6 is 0 Å². The molecule has 0 spiro atoms. The summed E-state index contributed by atoms with van der Waals surface area (Å²) >= 11 is 0. The van der Waals surface area contributed by atoms with Crippen LogP contribution in [0.25, 0.3) is 0 Å². The third-order valence-corrected chi connectivity index (χ3v) is 4.11. The van der Waals surface area contributed by atoms with Crippen molar-refractivity contribution in [1.29, 1.82) is 0 Å². The summed E-state index contributed by atoms with van der Waals surface area (Å²) in [6, 6.07) is 6.70. The quantitative estimate of drug-likeness (QED) is 0.934. The first-order valence-electron chi connectivity index (χ1n) is 7.23. The molecule has 3 nitrogen and oxygen atoms in total. The minimum atomic E-state index is -0.215. The number of aromatic nitrogens is 2. The van der Waals surface area contributed by atoms with Crippen LogP contribution < -0.4 is 5.73 Å². The molecule has 1 aliphatic carbocycles. The lowest BCUT2D eigenvalue weighted by atomic mass is 9.99. The second-order valence-corrected chi connectivity index (χ2v) is 5.44. The molecule has 3 rings (SSSR count). The average molecular weight is 273 g/mol. The lowest BCUT2D eigenvalue weighted by Crippen LogP contribution is -2.24. The average Bonchev–Trinajstić information content (AvgIpc) is 2.77. The van der Waals surface area contributed by atoms with Crippen molar-refractivity contribution in [3.8, 4) is 0 Å².